The second-order valence-corrected chi connectivity index (χ2v) is 4.67. The molecule has 2 aliphatic heterocycles. The zero-order valence-corrected chi connectivity index (χ0v) is 9.28. The molecule has 3 heteroatoms. The molecule has 0 saturated carbocycles. The Morgan fingerprint density at radius 1 is 1.38 bits per heavy atom. The van der Waals surface area contributed by atoms with Gasteiger partial charge in [-0.2, -0.15) is 0 Å². The summed E-state index contributed by atoms with van der Waals surface area (Å²) in [4.78, 5) is 0. The minimum Gasteiger partial charge on any atom is -0.493 e. The minimum absolute atomic E-state index is 0.269. The Morgan fingerprint density at radius 3 is 3.19 bits per heavy atom. The normalized spacial score (nSPS) is 27.8. The molecule has 0 aliphatic carbocycles. The van der Waals surface area contributed by atoms with Crippen LogP contribution in [0.5, 0.6) is 5.75 Å². The van der Waals surface area contributed by atoms with Crippen molar-refractivity contribution in [1.82, 2.24) is 5.32 Å². The summed E-state index contributed by atoms with van der Waals surface area (Å²) in [6.45, 7) is 2.98. The number of ether oxygens (including phenoxy) is 1. The number of aliphatic hydroxyl groups excluding tert-OH is 1. The Morgan fingerprint density at radius 2 is 2.31 bits per heavy atom. The van der Waals surface area contributed by atoms with Crippen LogP contribution in [-0.4, -0.2) is 31.4 Å². The Balaban J connectivity index is 1.89. The van der Waals surface area contributed by atoms with Crippen molar-refractivity contribution in [2.45, 2.75) is 12.3 Å². The van der Waals surface area contributed by atoms with Crippen LogP contribution in [-0.2, 0) is 6.42 Å². The molecule has 16 heavy (non-hydrogen) atoms. The van der Waals surface area contributed by atoms with Gasteiger partial charge in [0.05, 0.1) is 6.61 Å². The smallest absolute Gasteiger partial charge is 0.122 e. The van der Waals surface area contributed by atoms with E-state index >= 15 is 0 Å². The van der Waals surface area contributed by atoms with Crippen molar-refractivity contribution in [2.24, 2.45) is 5.92 Å². The van der Waals surface area contributed by atoms with Gasteiger partial charge in [0, 0.05) is 38.0 Å². The highest BCUT2D eigenvalue weighted by molar-refractivity contribution is 5.41. The summed E-state index contributed by atoms with van der Waals surface area (Å²) >= 11 is 0. The van der Waals surface area contributed by atoms with Crippen LogP contribution in [0.25, 0.3) is 0 Å². The third-order valence-electron chi connectivity index (χ3n) is 3.72. The molecule has 2 N–H and O–H groups in total. The fraction of sp³-hybridized carbons (Fsp3) is 0.538. The van der Waals surface area contributed by atoms with E-state index in [0.717, 1.165) is 31.9 Å². The monoisotopic (exact) mass is 219 g/mol. The first-order valence-electron chi connectivity index (χ1n) is 5.95. The first kappa shape index (κ1) is 10.1. The maximum atomic E-state index is 9.33. The van der Waals surface area contributed by atoms with Crippen molar-refractivity contribution >= 4 is 0 Å². The molecule has 1 fully saturated rings. The first-order chi connectivity index (χ1) is 7.88. The lowest BCUT2D eigenvalue weighted by atomic mass is 9.88. The summed E-state index contributed by atoms with van der Waals surface area (Å²) in [6.07, 6.45) is 1.02. The fourth-order valence-corrected chi connectivity index (χ4v) is 2.75. The second-order valence-electron chi connectivity index (χ2n) is 4.67. The zero-order chi connectivity index (χ0) is 11.0. The van der Waals surface area contributed by atoms with E-state index in [9.17, 15) is 5.11 Å². The van der Waals surface area contributed by atoms with E-state index < -0.39 is 0 Å². The molecule has 0 unspecified atom stereocenters. The molecular formula is C13H17NO2. The molecule has 2 atom stereocenters. The molecule has 0 amide bonds. The third-order valence-corrected chi connectivity index (χ3v) is 3.72. The molecule has 2 heterocycles. The number of fused-ring (bicyclic) bond motifs is 1. The van der Waals surface area contributed by atoms with Gasteiger partial charge in [0.2, 0.25) is 0 Å². The minimum atomic E-state index is 0.269. The van der Waals surface area contributed by atoms with E-state index in [4.69, 9.17) is 4.74 Å². The first-order valence-corrected chi connectivity index (χ1v) is 5.95. The average Bonchev–Trinajstić information content (AvgIpc) is 2.96. The lowest BCUT2D eigenvalue weighted by Crippen LogP contribution is -2.14. The van der Waals surface area contributed by atoms with Gasteiger partial charge in [-0.15, -0.1) is 0 Å². The number of benzene rings is 1. The fourth-order valence-electron chi connectivity index (χ4n) is 2.75. The van der Waals surface area contributed by atoms with Gasteiger partial charge in [-0.25, -0.2) is 0 Å². The molecule has 0 aromatic heterocycles. The Bertz CT molecular complexity index is 392. The molecular weight excluding hydrogens is 202 g/mol. The highest BCUT2D eigenvalue weighted by Crippen LogP contribution is 2.33. The number of hydrogen-bond donors (Lipinski definition) is 2. The van der Waals surface area contributed by atoms with Crippen molar-refractivity contribution in [2.75, 3.05) is 26.3 Å². The lowest BCUT2D eigenvalue weighted by molar-refractivity contribution is 0.226. The van der Waals surface area contributed by atoms with Crippen LogP contribution in [0.2, 0.25) is 0 Å². The van der Waals surface area contributed by atoms with Crippen LogP contribution in [0, 0.1) is 5.92 Å². The molecule has 1 aromatic carbocycles. The molecule has 86 valence electrons. The van der Waals surface area contributed by atoms with E-state index in [1.54, 1.807) is 0 Å². The summed E-state index contributed by atoms with van der Waals surface area (Å²) in [5, 5.41) is 12.7. The van der Waals surface area contributed by atoms with Crippen molar-refractivity contribution < 1.29 is 9.84 Å². The number of nitrogens with one attached hydrogen (secondary N) is 1. The van der Waals surface area contributed by atoms with Crippen LogP contribution in [0.3, 0.4) is 0 Å². The summed E-state index contributed by atoms with van der Waals surface area (Å²) in [5.41, 5.74) is 2.66. The zero-order valence-electron chi connectivity index (χ0n) is 9.28. The van der Waals surface area contributed by atoms with Crippen molar-refractivity contribution in [3.8, 4) is 5.75 Å². The molecule has 0 radical (unpaired) electrons. The summed E-state index contributed by atoms with van der Waals surface area (Å²) in [6, 6.07) is 6.47. The molecule has 3 rings (SSSR count). The Hall–Kier alpha value is -1.06. The number of hydrogen-bond acceptors (Lipinski definition) is 3. The SMILES string of the molecule is OC[C@H]1CNC[C@H]1c1ccc2c(c1)CCO2. The van der Waals surface area contributed by atoms with Gasteiger partial charge in [0.25, 0.3) is 0 Å². The van der Waals surface area contributed by atoms with Gasteiger partial charge in [-0.1, -0.05) is 12.1 Å². The van der Waals surface area contributed by atoms with Gasteiger partial charge in [0.1, 0.15) is 5.75 Å². The van der Waals surface area contributed by atoms with Crippen molar-refractivity contribution in [1.29, 1.82) is 0 Å². The Kier molecular flexibility index (Phi) is 2.58. The van der Waals surface area contributed by atoms with Crippen LogP contribution in [0.15, 0.2) is 18.2 Å². The van der Waals surface area contributed by atoms with E-state index in [-0.39, 0.29) is 6.61 Å². The van der Waals surface area contributed by atoms with Crippen LogP contribution < -0.4 is 10.1 Å². The summed E-state index contributed by atoms with van der Waals surface area (Å²) in [5.74, 6) is 1.85. The van der Waals surface area contributed by atoms with Gasteiger partial charge in [-0.3, -0.25) is 0 Å². The maximum absolute atomic E-state index is 9.33. The van der Waals surface area contributed by atoms with Gasteiger partial charge in [0.15, 0.2) is 0 Å². The van der Waals surface area contributed by atoms with Gasteiger partial charge in [-0.05, 0) is 17.2 Å². The van der Waals surface area contributed by atoms with Crippen molar-refractivity contribution in [3.63, 3.8) is 0 Å². The molecule has 0 spiro atoms. The highest BCUT2D eigenvalue weighted by Gasteiger charge is 2.28. The van der Waals surface area contributed by atoms with Gasteiger partial charge < -0.3 is 15.2 Å². The summed E-state index contributed by atoms with van der Waals surface area (Å²) in [7, 11) is 0. The quantitative estimate of drug-likeness (QED) is 0.777. The lowest BCUT2D eigenvalue weighted by Gasteiger charge is -2.17. The van der Waals surface area contributed by atoms with E-state index in [1.165, 1.54) is 11.1 Å². The van der Waals surface area contributed by atoms with E-state index in [2.05, 4.69) is 23.5 Å². The van der Waals surface area contributed by atoms with Crippen molar-refractivity contribution in [3.05, 3.63) is 29.3 Å². The highest BCUT2D eigenvalue weighted by atomic mass is 16.5. The Labute approximate surface area is 95.4 Å². The summed E-state index contributed by atoms with van der Waals surface area (Å²) < 4.78 is 5.50. The van der Waals surface area contributed by atoms with E-state index in [1.807, 2.05) is 0 Å². The molecule has 3 nitrogen and oxygen atoms in total. The predicted molar refractivity (Wildman–Crippen MR) is 61.8 cm³/mol. The number of rotatable bonds is 2. The van der Waals surface area contributed by atoms with Crippen LogP contribution in [0.1, 0.15) is 17.0 Å². The second kappa shape index (κ2) is 4.07. The molecule has 0 bridgehead atoms. The topological polar surface area (TPSA) is 41.5 Å². The average molecular weight is 219 g/mol. The van der Waals surface area contributed by atoms with Crippen LogP contribution >= 0.6 is 0 Å². The number of aliphatic hydroxyl groups is 1. The predicted octanol–water partition coefficient (Wildman–Crippen LogP) is 0.917. The van der Waals surface area contributed by atoms with Gasteiger partial charge >= 0.3 is 0 Å². The third kappa shape index (κ3) is 1.60. The molecule has 2 aliphatic rings. The van der Waals surface area contributed by atoms with Crippen LogP contribution in [0.4, 0.5) is 0 Å². The van der Waals surface area contributed by atoms with E-state index in [0.29, 0.717) is 11.8 Å². The molecule has 1 saturated heterocycles. The maximum Gasteiger partial charge on any atom is 0.122 e. The molecule has 1 aromatic rings. The standard InChI is InChI=1S/C13H17NO2/c15-8-11-6-14-7-12(11)9-1-2-13-10(5-9)3-4-16-13/h1-2,5,11-12,14-15H,3-4,6-8H2/t11-,12+/m1/s1. The largest absolute Gasteiger partial charge is 0.493 e.